The first-order valence-corrected chi connectivity index (χ1v) is 5.99. The first-order valence-electron chi connectivity index (χ1n) is 5.99. The van der Waals surface area contributed by atoms with E-state index in [0.29, 0.717) is 5.41 Å². The van der Waals surface area contributed by atoms with E-state index in [4.69, 9.17) is 0 Å². The highest BCUT2D eigenvalue weighted by Gasteiger charge is 2.30. The summed E-state index contributed by atoms with van der Waals surface area (Å²) >= 11 is 0. The first-order chi connectivity index (χ1) is 5.99. The monoisotopic (exact) mass is 184 g/mol. The Morgan fingerprint density at radius 1 is 1.00 bits per heavy atom. The Morgan fingerprint density at radius 3 is 1.85 bits per heavy atom. The first kappa shape index (κ1) is 13.0. The normalized spacial score (nSPS) is 17.1. The Kier molecular flexibility index (Phi) is 5.67. The van der Waals surface area contributed by atoms with Gasteiger partial charge in [-0.15, -0.1) is 0 Å². The molecular weight excluding hydrogens is 156 g/mol. The Bertz CT molecular complexity index is 124. The second-order valence-electron chi connectivity index (χ2n) is 5.14. The van der Waals surface area contributed by atoms with Crippen LogP contribution < -0.4 is 0 Å². The van der Waals surface area contributed by atoms with Gasteiger partial charge in [0.1, 0.15) is 0 Å². The van der Waals surface area contributed by atoms with Crippen LogP contribution in [0.1, 0.15) is 67.2 Å². The van der Waals surface area contributed by atoms with Gasteiger partial charge in [0.15, 0.2) is 0 Å². The molecule has 0 N–H and O–H groups in total. The molecule has 0 nitrogen and oxygen atoms in total. The third-order valence-corrected chi connectivity index (χ3v) is 3.67. The van der Waals surface area contributed by atoms with Crippen LogP contribution in [0.2, 0.25) is 0 Å². The minimum atomic E-state index is 0.541. The predicted molar refractivity (Wildman–Crippen MR) is 61.9 cm³/mol. The fourth-order valence-corrected chi connectivity index (χ4v) is 2.84. The zero-order valence-electron chi connectivity index (χ0n) is 10.5. The number of hydrogen-bond acceptors (Lipinski definition) is 0. The van der Waals surface area contributed by atoms with E-state index < -0.39 is 0 Å². The van der Waals surface area contributed by atoms with Gasteiger partial charge >= 0.3 is 0 Å². The molecule has 80 valence electrons. The second kappa shape index (κ2) is 5.67. The zero-order chi connectivity index (χ0) is 10.5. The Labute approximate surface area is 85.1 Å². The summed E-state index contributed by atoms with van der Waals surface area (Å²) in [4.78, 5) is 0. The fraction of sp³-hybridized carbons (Fsp3) is 1.00. The van der Waals surface area contributed by atoms with Crippen molar-refractivity contribution < 1.29 is 0 Å². The van der Waals surface area contributed by atoms with Crippen molar-refractivity contribution in [2.75, 3.05) is 0 Å². The molecule has 2 atom stereocenters. The van der Waals surface area contributed by atoms with Crippen molar-refractivity contribution in [1.29, 1.82) is 0 Å². The highest BCUT2D eigenvalue weighted by atomic mass is 14.4. The van der Waals surface area contributed by atoms with E-state index in [1.807, 2.05) is 0 Å². The maximum atomic E-state index is 2.44. The van der Waals surface area contributed by atoms with Crippen LogP contribution in [0.5, 0.6) is 0 Å². The molecule has 0 heteroatoms. The smallest absolute Gasteiger partial charge is 0.0324 e. The summed E-state index contributed by atoms with van der Waals surface area (Å²) in [7, 11) is 0. The van der Waals surface area contributed by atoms with Gasteiger partial charge in [-0.3, -0.25) is 0 Å². The second-order valence-corrected chi connectivity index (χ2v) is 5.14. The Morgan fingerprint density at radius 2 is 1.54 bits per heavy atom. The summed E-state index contributed by atoms with van der Waals surface area (Å²) in [6.45, 7) is 14.2. The highest BCUT2D eigenvalue weighted by Crippen LogP contribution is 2.39. The molecule has 0 aromatic carbocycles. The van der Waals surface area contributed by atoms with Crippen LogP contribution in [0.3, 0.4) is 0 Å². The highest BCUT2D eigenvalue weighted by molar-refractivity contribution is 4.80. The van der Waals surface area contributed by atoms with Gasteiger partial charge in [-0.25, -0.2) is 0 Å². The van der Waals surface area contributed by atoms with Crippen LogP contribution in [0.25, 0.3) is 0 Å². The van der Waals surface area contributed by atoms with Crippen molar-refractivity contribution in [1.82, 2.24) is 0 Å². The van der Waals surface area contributed by atoms with Gasteiger partial charge < -0.3 is 0 Å². The molecule has 0 aromatic rings. The lowest BCUT2D eigenvalue weighted by Crippen LogP contribution is -2.28. The molecule has 0 rings (SSSR count). The molecule has 0 saturated heterocycles. The molecule has 0 saturated carbocycles. The molecule has 0 aliphatic rings. The molecule has 0 spiro atoms. The lowest BCUT2D eigenvalue weighted by molar-refractivity contribution is 0.126. The standard InChI is InChI=1S/C13H28/c1-7-10-13(5,6)12(9-3)11(4)8-2/h11-12H,7-10H2,1-6H3. The number of hydrogen-bond donors (Lipinski definition) is 0. The van der Waals surface area contributed by atoms with Gasteiger partial charge in [-0.2, -0.15) is 0 Å². The molecule has 0 aliphatic heterocycles. The van der Waals surface area contributed by atoms with E-state index in [0.717, 1.165) is 11.8 Å². The van der Waals surface area contributed by atoms with Gasteiger partial charge in [-0.05, 0) is 23.7 Å². The molecule has 0 bridgehead atoms. The Hall–Kier alpha value is 0. The van der Waals surface area contributed by atoms with E-state index in [1.165, 1.54) is 25.7 Å². The topological polar surface area (TPSA) is 0 Å². The van der Waals surface area contributed by atoms with Crippen molar-refractivity contribution in [3.8, 4) is 0 Å². The van der Waals surface area contributed by atoms with Crippen LogP contribution in [-0.2, 0) is 0 Å². The van der Waals surface area contributed by atoms with Crippen molar-refractivity contribution >= 4 is 0 Å². The molecule has 0 radical (unpaired) electrons. The summed E-state index contributed by atoms with van der Waals surface area (Å²) in [5.41, 5.74) is 0.541. The Balaban J connectivity index is 4.35. The van der Waals surface area contributed by atoms with Crippen molar-refractivity contribution in [2.24, 2.45) is 17.3 Å². The van der Waals surface area contributed by atoms with Crippen LogP contribution in [0, 0.1) is 17.3 Å². The average Bonchev–Trinajstić information content (AvgIpc) is 2.04. The zero-order valence-corrected chi connectivity index (χ0v) is 10.5. The lowest BCUT2D eigenvalue weighted by Gasteiger charge is -2.37. The number of rotatable bonds is 6. The molecule has 0 heterocycles. The summed E-state index contributed by atoms with van der Waals surface area (Å²) in [6.07, 6.45) is 5.35. The molecule has 2 unspecified atom stereocenters. The summed E-state index contributed by atoms with van der Waals surface area (Å²) in [6, 6.07) is 0. The lowest BCUT2D eigenvalue weighted by atomic mass is 9.68. The predicted octanol–water partition coefficient (Wildman–Crippen LogP) is 4.89. The minimum Gasteiger partial charge on any atom is -0.0654 e. The van der Waals surface area contributed by atoms with Crippen molar-refractivity contribution in [3.05, 3.63) is 0 Å². The summed E-state index contributed by atoms with van der Waals surface area (Å²) < 4.78 is 0. The van der Waals surface area contributed by atoms with E-state index in [1.54, 1.807) is 0 Å². The SMILES string of the molecule is CCCC(C)(C)C(CC)C(C)CC. The largest absolute Gasteiger partial charge is 0.0654 e. The van der Waals surface area contributed by atoms with Crippen molar-refractivity contribution in [3.63, 3.8) is 0 Å². The molecule has 0 aliphatic carbocycles. The third-order valence-electron chi connectivity index (χ3n) is 3.67. The van der Waals surface area contributed by atoms with E-state index in [2.05, 4.69) is 41.5 Å². The van der Waals surface area contributed by atoms with Gasteiger partial charge in [0.2, 0.25) is 0 Å². The van der Waals surface area contributed by atoms with Crippen LogP contribution in [-0.4, -0.2) is 0 Å². The summed E-state index contributed by atoms with van der Waals surface area (Å²) in [5, 5.41) is 0. The maximum Gasteiger partial charge on any atom is -0.0324 e. The van der Waals surface area contributed by atoms with Gasteiger partial charge in [0.25, 0.3) is 0 Å². The van der Waals surface area contributed by atoms with Crippen molar-refractivity contribution in [2.45, 2.75) is 67.2 Å². The minimum absolute atomic E-state index is 0.541. The molecule has 13 heavy (non-hydrogen) atoms. The molecule has 0 aromatic heterocycles. The van der Waals surface area contributed by atoms with Gasteiger partial charge in [0, 0.05) is 0 Å². The summed E-state index contributed by atoms with van der Waals surface area (Å²) in [5.74, 6) is 1.78. The maximum absolute atomic E-state index is 2.44. The van der Waals surface area contributed by atoms with E-state index in [-0.39, 0.29) is 0 Å². The molecular formula is C13H28. The van der Waals surface area contributed by atoms with Crippen LogP contribution in [0.4, 0.5) is 0 Å². The average molecular weight is 184 g/mol. The van der Waals surface area contributed by atoms with Gasteiger partial charge in [0.05, 0.1) is 0 Å². The molecule has 0 fully saturated rings. The van der Waals surface area contributed by atoms with Crippen LogP contribution >= 0.6 is 0 Å². The fourth-order valence-electron chi connectivity index (χ4n) is 2.84. The van der Waals surface area contributed by atoms with Gasteiger partial charge in [-0.1, -0.05) is 60.8 Å². The van der Waals surface area contributed by atoms with E-state index in [9.17, 15) is 0 Å². The van der Waals surface area contributed by atoms with Crippen LogP contribution in [0.15, 0.2) is 0 Å². The van der Waals surface area contributed by atoms with E-state index >= 15 is 0 Å². The quantitative estimate of drug-likeness (QED) is 0.551. The third kappa shape index (κ3) is 3.70. The molecule has 0 amide bonds.